The lowest BCUT2D eigenvalue weighted by Gasteiger charge is -2.36. The fourth-order valence-corrected chi connectivity index (χ4v) is 5.63. The molecule has 43 heavy (non-hydrogen) atoms. The first-order valence-electron chi connectivity index (χ1n) is 15.1. The minimum atomic E-state index is -1.08. The van der Waals surface area contributed by atoms with Gasteiger partial charge in [-0.15, -0.1) is 0 Å². The van der Waals surface area contributed by atoms with Gasteiger partial charge < -0.3 is 20.1 Å². The van der Waals surface area contributed by atoms with Gasteiger partial charge in [-0.25, -0.2) is 5.43 Å². The molecule has 5 rings (SSSR count). The summed E-state index contributed by atoms with van der Waals surface area (Å²) in [5.74, 6) is -1.93. The number of fused-ring (bicyclic) bond motifs is 4. The summed E-state index contributed by atoms with van der Waals surface area (Å²) in [6.07, 6.45) is 4.81. The van der Waals surface area contributed by atoms with Gasteiger partial charge >= 0.3 is 5.97 Å². The van der Waals surface area contributed by atoms with Crippen molar-refractivity contribution >= 4 is 40.7 Å². The monoisotopic (exact) mass is 591 g/mol. The van der Waals surface area contributed by atoms with Crippen LogP contribution in [-0.2, 0) is 28.7 Å². The Labute approximate surface area is 251 Å². The van der Waals surface area contributed by atoms with Gasteiger partial charge in [0.1, 0.15) is 12.1 Å². The zero-order valence-electron chi connectivity index (χ0n) is 25.2. The molecule has 2 fully saturated rings. The van der Waals surface area contributed by atoms with Gasteiger partial charge in [0, 0.05) is 31.1 Å². The standard InChI is InChI=1S/C32H41N5O6/c1-19-24-10-9-22-8-7-21(18-26(22)35-24)11-14-32(3,4)31(41)43-27(23-12-16-42-17-13-23)29(39)34-20(2)30(40)37-15-5-6-25(36-37)28(38)33-19/h7-11,14,18-20,23,25,27,36H,5-6,12-13,15-17H2,1-4H3,(H,33,38)(H,34,39)/t19-,20+,25+,27+/m1/s1. The summed E-state index contributed by atoms with van der Waals surface area (Å²) in [6, 6.07) is 7.79. The topological polar surface area (TPSA) is 139 Å². The van der Waals surface area contributed by atoms with Crippen molar-refractivity contribution in [3.8, 4) is 0 Å². The third kappa shape index (κ3) is 7.05. The largest absolute Gasteiger partial charge is 0.451 e. The van der Waals surface area contributed by atoms with Crippen LogP contribution in [0.1, 0.15) is 70.7 Å². The van der Waals surface area contributed by atoms with Gasteiger partial charge in [-0.3, -0.25) is 29.2 Å². The Kier molecular flexibility index (Phi) is 9.12. The van der Waals surface area contributed by atoms with Gasteiger partial charge in [0.05, 0.1) is 22.7 Å². The number of aromatic nitrogens is 1. The number of rotatable bonds is 1. The first-order chi connectivity index (χ1) is 20.5. The highest BCUT2D eigenvalue weighted by Crippen LogP contribution is 2.28. The highest BCUT2D eigenvalue weighted by Gasteiger charge is 2.39. The highest BCUT2D eigenvalue weighted by molar-refractivity contribution is 5.91. The molecule has 0 aliphatic carbocycles. The van der Waals surface area contributed by atoms with E-state index in [1.54, 1.807) is 26.8 Å². The summed E-state index contributed by atoms with van der Waals surface area (Å²) < 4.78 is 11.4. The molecule has 0 unspecified atom stereocenters. The fourth-order valence-electron chi connectivity index (χ4n) is 5.63. The third-order valence-electron chi connectivity index (χ3n) is 8.44. The van der Waals surface area contributed by atoms with Gasteiger partial charge in [0.2, 0.25) is 5.91 Å². The molecule has 0 radical (unpaired) electrons. The van der Waals surface area contributed by atoms with Crippen LogP contribution in [0.15, 0.2) is 36.4 Å². The van der Waals surface area contributed by atoms with Crippen LogP contribution in [0.4, 0.5) is 0 Å². The summed E-state index contributed by atoms with van der Waals surface area (Å²) in [7, 11) is 0. The molecular formula is C32H41N5O6. The first kappa shape index (κ1) is 30.6. The number of hydrazine groups is 1. The molecule has 2 saturated heterocycles. The van der Waals surface area contributed by atoms with E-state index in [-0.39, 0.29) is 23.8 Å². The summed E-state index contributed by atoms with van der Waals surface area (Å²) in [4.78, 5) is 58.5. The van der Waals surface area contributed by atoms with Crippen molar-refractivity contribution in [1.82, 2.24) is 26.1 Å². The second kappa shape index (κ2) is 12.8. The zero-order chi connectivity index (χ0) is 30.7. The van der Waals surface area contributed by atoms with Crippen LogP contribution in [0.3, 0.4) is 0 Å². The molecular weight excluding hydrogens is 550 g/mol. The van der Waals surface area contributed by atoms with E-state index in [4.69, 9.17) is 14.5 Å². The van der Waals surface area contributed by atoms with Crippen LogP contribution in [0.25, 0.3) is 17.0 Å². The normalized spacial score (nSPS) is 27.9. The van der Waals surface area contributed by atoms with Crippen molar-refractivity contribution in [3.63, 3.8) is 0 Å². The molecule has 1 aromatic carbocycles. The van der Waals surface area contributed by atoms with Gasteiger partial charge in [-0.05, 0) is 71.1 Å². The predicted molar refractivity (Wildman–Crippen MR) is 160 cm³/mol. The van der Waals surface area contributed by atoms with Gasteiger partial charge in [-0.1, -0.05) is 30.4 Å². The average molecular weight is 592 g/mol. The maximum absolute atomic E-state index is 13.6. The van der Waals surface area contributed by atoms with Crippen molar-refractivity contribution in [3.05, 3.63) is 47.7 Å². The Morgan fingerprint density at radius 3 is 2.42 bits per heavy atom. The second-order valence-electron chi connectivity index (χ2n) is 12.3. The minimum absolute atomic E-state index is 0.236. The molecule has 2 aromatic rings. The van der Waals surface area contributed by atoms with Gasteiger partial charge in [-0.2, -0.15) is 0 Å². The first-order valence-corrected chi connectivity index (χ1v) is 15.1. The summed E-state index contributed by atoms with van der Waals surface area (Å²) in [5, 5.41) is 8.13. The second-order valence-corrected chi connectivity index (χ2v) is 12.3. The lowest BCUT2D eigenvalue weighted by molar-refractivity contribution is -0.168. The van der Waals surface area contributed by atoms with E-state index in [1.807, 2.05) is 43.3 Å². The minimum Gasteiger partial charge on any atom is -0.451 e. The van der Waals surface area contributed by atoms with E-state index < -0.39 is 35.5 Å². The summed E-state index contributed by atoms with van der Waals surface area (Å²) >= 11 is 0. The number of pyridine rings is 1. The molecule has 4 heterocycles. The van der Waals surface area contributed by atoms with Crippen molar-refractivity contribution in [2.24, 2.45) is 11.3 Å². The number of esters is 1. The van der Waals surface area contributed by atoms with Crippen molar-refractivity contribution in [2.75, 3.05) is 19.8 Å². The van der Waals surface area contributed by atoms with E-state index in [0.717, 1.165) is 16.5 Å². The van der Waals surface area contributed by atoms with E-state index in [2.05, 4.69) is 16.1 Å². The molecule has 4 atom stereocenters. The Hall–Kier alpha value is -3.83. The van der Waals surface area contributed by atoms with E-state index >= 15 is 0 Å². The Morgan fingerprint density at radius 2 is 1.65 bits per heavy atom. The third-order valence-corrected chi connectivity index (χ3v) is 8.44. The number of carbonyl (C=O) groups is 4. The molecule has 230 valence electrons. The number of hydrogen-bond acceptors (Lipinski definition) is 8. The Balaban J connectivity index is 1.49. The predicted octanol–water partition coefficient (Wildman–Crippen LogP) is 2.80. The molecule has 3 amide bonds. The van der Waals surface area contributed by atoms with E-state index in [1.165, 1.54) is 5.01 Å². The molecule has 0 spiro atoms. The lowest BCUT2D eigenvalue weighted by atomic mass is 9.90. The smallest absolute Gasteiger partial charge is 0.316 e. The molecule has 3 N–H and O–H groups in total. The summed E-state index contributed by atoms with van der Waals surface area (Å²) in [6.45, 7) is 8.26. The molecule has 11 heteroatoms. The number of carbonyl (C=O) groups excluding carboxylic acids is 4. The van der Waals surface area contributed by atoms with Crippen LogP contribution in [0, 0.1) is 11.3 Å². The molecule has 11 nitrogen and oxygen atoms in total. The highest BCUT2D eigenvalue weighted by atomic mass is 16.6. The molecule has 0 saturated carbocycles. The molecule has 5 bridgehead atoms. The number of nitrogens with zero attached hydrogens (tertiary/aromatic N) is 2. The maximum atomic E-state index is 13.6. The molecule has 3 aliphatic heterocycles. The molecule has 3 aliphatic rings. The number of benzene rings is 1. The summed E-state index contributed by atoms with van der Waals surface area (Å²) in [5.41, 5.74) is 4.31. The zero-order valence-corrected chi connectivity index (χ0v) is 25.2. The van der Waals surface area contributed by atoms with Crippen LogP contribution in [0.2, 0.25) is 0 Å². The number of hydrogen-bond donors (Lipinski definition) is 3. The molecule has 1 aromatic heterocycles. The Morgan fingerprint density at radius 1 is 0.930 bits per heavy atom. The quantitative estimate of drug-likeness (QED) is 0.431. The number of nitrogens with one attached hydrogen (secondary N) is 3. The van der Waals surface area contributed by atoms with Crippen LogP contribution < -0.4 is 16.1 Å². The van der Waals surface area contributed by atoms with Crippen LogP contribution in [-0.4, -0.2) is 71.6 Å². The van der Waals surface area contributed by atoms with Crippen LogP contribution in [0.5, 0.6) is 0 Å². The van der Waals surface area contributed by atoms with Gasteiger partial charge in [0.25, 0.3) is 11.8 Å². The lowest BCUT2D eigenvalue weighted by Crippen LogP contribution is -2.61. The maximum Gasteiger partial charge on any atom is 0.316 e. The average Bonchev–Trinajstić information content (AvgIpc) is 3.01. The van der Waals surface area contributed by atoms with E-state index in [9.17, 15) is 19.2 Å². The van der Waals surface area contributed by atoms with Crippen molar-refractivity contribution < 1.29 is 28.7 Å². The van der Waals surface area contributed by atoms with Crippen molar-refractivity contribution in [2.45, 2.75) is 77.6 Å². The van der Waals surface area contributed by atoms with Crippen molar-refractivity contribution in [1.29, 1.82) is 0 Å². The fraction of sp³-hybridized carbons (Fsp3) is 0.531. The SMILES string of the molecule is C[C@@H]1NC(=O)[C@H](C2CCOCC2)OC(=O)C(C)(C)C=Cc2ccc3ccc(nc3c2)[C@@H](C)NC(=O)[C@@H]2CCCN(N2)C1=O. The number of cyclic esters (lactones) is 1. The van der Waals surface area contributed by atoms with Gasteiger partial charge in [0.15, 0.2) is 6.10 Å². The Bertz CT molecular complexity index is 1420. The van der Waals surface area contributed by atoms with E-state index in [0.29, 0.717) is 51.1 Å². The van der Waals surface area contributed by atoms with Crippen LogP contribution >= 0.6 is 0 Å². The number of amides is 3. The number of ether oxygens (including phenoxy) is 2.